The van der Waals surface area contributed by atoms with Crippen molar-refractivity contribution >= 4 is 31.3 Å². The molecule has 0 spiro atoms. The van der Waals surface area contributed by atoms with Crippen LogP contribution < -0.4 is 103 Å². The molecule has 0 unspecified atom stereocenters. The van der Waals surface area contributed by atoms with Crippen LogP contribution in [0.2, 0.25) is 0 Å². The van der Waals surface area contributed by atoms with Gasteiger partial charge in [-0.05, 0) is 36.2 Å². The normalized spacial score (nSPS) is 11.8. The summed E-state index contributed by atoms with van der Waals surface area (Å²) in [6.45, 7) is 2.34. The fraction of sp³-hybridized carbons (Fsp3) is 0.581. The molecule has 0 aliphatic rings. The van der Waals surface area contributed by atoms with Gasteiger partial charge in [-0.25, -0.2) is 21.8 Å². The maximum absolute atomic E-state index is 11.8. The smallest absolute Gasteiger partial charge is 0.744 e. The van der Waals surface area contributed by atoms with Crippen LogP contribution >= 0.6 is 0 Å². The number of aromatic nitrogens is 2. The first-order chi connectivity index (χ1) is 19.6. The van der Waals surface area contributed by atoms with Crippen LogP contribution in [-0.4, -0.2) is 35.5 Å². The summed E-state index contributed by atoms with van der Waals surface area (Å²) in [5, 5.41) is 0. The number of unbranched alkanes of at least 4 members (excludes halogenated alkanes) is 14. The van der Waals surface area contributed by atoms with E-state index in [1.54, 1.807) is 12.1 Å². The standard InChI is InChI=1S/C31H46N2O6S2.2K/c1-2-3-4-5-6-7-8-9-10-11-12-13-14-15-16-21-31-32-28-24-27(40(34,35)36)22-23-29(28)33(31)25-26-19-17-18-20-30(26)41(37,38)39;;/h17-20,22-24H,2-16,21,25H2,1H3,(H,34,35,36)(H,37,38,39);;/q;2*+1/p-2. The second-order valence-electron chi connectivity index (χ2n) is 11.0. The van der Waals surface area contributed by atoms with Crippen LogP contribution in [0.4, 0.5) is 0 Å². The van der Waals surface area contributed by atoms with Gasteiger partial charge < -0.3 is 13.7 Å². The molecule has 0 bridgehead atoms. The van der Waals surface area contributed by atoms with Crippen LogP contribution in [0, 0.1) is 0 Å². The van der Waals surface area contributed by atoms with Gasteiger partial charge in [-0.1, -0.05) is 115 Å². The molecule has 0 saturated heterocycles. The van der Waals surface area contributed by atoms with Gasteiger partial charge in [0.2, 0.25) is 0 Å². The fourth-order valence-corrected chi connectivity index (χ4v) is 6.58. The van der Waals surface area contributed by atoms with E-state index in [1.165, 1.54) is 107 Å². The minimum atomic E-state index is -4.68. The summed E-state index contributed by atoms with van der Waals surface area (Å²) in [6, 6.07) is 10.0. The Morgan fingerprint density at radius 3 is 1.70 bits per heavy atom. The molecule has 1 aromatic heterocycles. The zero-order valence-corrected chi connectivity index (χ0v) is 34.1. The summed E-state index contributed by atoms with van der Waals surface area (Å²) in [5.41, 5.74) is 1.26. The molecule has 0 N–H and O–H groups in total. The van der Waals surface area contributed by atoms with E-state index in [2.05, 4.69) is 11.9 Å². The third kappa shape index (κ3) is 14.8. The van der Waals surface area contributed by atoms with E-state index in [1.807, 2.05) is 4.57 Å². The number of hydrogen-bond donors (Lipinski definition) is 0. The maximum atomic E-state index is 11.8. The minimum Gasteiger partial charge on any atom is -0.744 e. The Morgan fingerprint density at radius 1 is 0.674 bits per heavy atom. The molecular formula is C31H44K2N2O6S2. The van der Waals surface area contributed by atoms with E-state index < -0.39 is 20.2 Å². The molecule has 3 rings (SSSR count). The van der Waals surface area contributed by atoms with E-state index in [4.69, 9.17) is 0 Å². The SMILES string of the molecule is CCCCCCCCCCCCCCCCCc1nc2cc(S(=O)(=O)[O-])ccc2n1Cc1ccccc1S(=O)(=O)[O-].[K+].[K+]. The van der Waals surface area contributed by atoms with Gasteiger partial charge in [-0.3, -0.25) is 0 Å². The number of nitrogens with zero attached hydrogens (tertiary/aromatic N) is 2. The first-order valence-corrected chi connectivity index (χ1v) is 17.9. The van der Waals surface area contributed by atoms with E-state index >= 15 is 0 Å². The van der Waals surface area contributed by atoms with Crippen molar-refractivity contribution in [3.8, 4) is 0 Å². The van der Waals surface area contributed by atoms with Crippen LogP contribution in [0.5, 0.6) is 0 Å². The van der Waals surface area contributed by atoms with E-state index in [-0.39, 0.29) is 119 Å². The fourth-order valence-electron chi connectivity index (χ4n) is 5.39. The zero-order chi connectivity index (χ0) is 29.7. The first kappa shape index (κ1) is 42.0. The Balaban J connectivity index is 0.00000462. The molecule has 0 aliphatic carbocycles. The summed E-state index contributed by atoms with van der Waals surface area (Å²) in [6.07, 6.45) is 19.5. The average Bonchev–Trinajstić information content (AvgIpc) is 3.26. The number of fused-ring (bicyclic) bond motifs is 1. The number of benzene rings is 2. The summed E-state index contributed by atoms with van der Waals surface area (Å²) in [7, 11) is -9.32. The Hall–Kier alpha value is 1.00. The monoisotopic (exact) mass is 682 g/mol. The van der Waals surface area contributed by atoms with Crippen molar-refractivity contribution < 1.29 is 129 Å². The third-order valence-electron chi connectivity index (χ3n) is 7.66. The molecule has 0 atom stereocenters. The van der Waals surface area contributed by atoms with Crippen molar-refractivity contribution in [3.63, 3.8) is 0 Å². The minimum absolute atomic E-state index is 0. The molecule has 3 aromatic rings. The second kappa shape index (κ2) is 21.8. The van der Waals surface area contributed by atoms with Crippen LogP contribution in [0.15, 0.2) is 52.3 Å². The predicted octanol–water partition coefficient (Wildman–Crippen LogP) is 1.31. The van der Waals surface area contributed by atoms with E-state index in [0.717, 1.165) is 19.3 Å². The van der Waals surface area contributed by atoms with Crippen LogP contribution in [0.3, 0.4) is 0 Å². The van der Waals surface area contributed by atoms with Gasteiger partial charge in [-0.2, -0.15) is 0 Å². The molecule has 0 radical (unpaired) electrons. The quantitative estimate of drug-likeness (QED) is 0.0998. The molecule has 228 valence electrons. The molecule has 2 aromatic carbocycles. The number of aryl methyl sites for hydroxylation is 1. The molecule has 43 heavy (non-hydrogen) atoms. The predicted molar refractivity (Wildman–Crippen MR) is 160 cm³/mol. The van der Waals surface area contributed by atoms with Gasteiger partial charge in [-0.15, -0.1) is 0 Å². The molecule has 1 heterocycles. The number of imidazole rings is 1. The topological polar surface area (TPSA) is 132 Å². The number of rotatable bonds is 20. The Labute approximate surface area is 343 Å². The van der Waals surface area contributed by atoms with Crippen LogP contribution in [-0.2, 0) is 33.2 Å². The van der Waals surface area contributed by atoms with Gasteiger partial charge in [0.15, 0.2) is 0 Å². The van der Waals surface area contributed by atoms with Crippen molar-refractivity contribution in [3.05, 3.63) is 53.9 Å². The molecule has 0 aliphatic heterocycles. The first-order valence-electron chi connectivity index (χ1n) is 15.1. The Kier molecular flexibility index (Phi) is 21.3. The summed E-state index contributed by atoms with van der Waals surface area (Å²) < 4.78 is 72.0. The Bertz CT molecular complexity index is 1460. The van der Waals surface area contributed by atoms with Crippen molar-refractivity contribution in [1.29, 1.82) is 0 Å². The van der Waals surface area contributed by atoms with Gasteiger partial charge in [0.25, 0.3) is 0 Å². The molecule has 8 nitrogen and oxygen atoms in total. The Morgan fingerprint density at radius 2 is 1.19 bits per heavy atom. The van der Waals surface area contributed by atoms with Gasteiger partial charge in [0, 0.05) is 6.42 Å². The van der Waals surface area contributed by atoms with Crippen molar-refractivity contribution in [2.45, 2.75) is 126 Å². The van der Waals surface area contributed by atoms with Gasteiger partial charge in [0.05, 0.1) is 27.4 Å². The summed E-state index contributed by atoms with van der Waals surface area (Å²) in [5.74, 6) is 0.660. The molecule has 0 saturated carbocycles. The molecule has 0 amide bonds. The van der Waals surface area contributed by atoms with E-state index in [9.17, 15) is 25.9 Å². The van der Waals surface area contributed by atoms with Crippen molar-refractivity contribution in [1.82, 2.24) is 9.55 Å². The van der Waals surface area contributed by atoms with Gasteiger partial charge in [0.1, 0.15) is 26.1 Å². The summed E-state index contributed by atoms with van der Waals surface area (Å²) >= 11 is 0. The van der Waals surface area contributed by atoms with Crippen molar-refractivity contribution in [2.24, 2.45) is 0 Å². The maximum Gasteiger partial charge on any atom is 1.00 e. The molecule has 0 fully saturated rings. The largest absolute Gasteiger partial charge is 1.00 e. The average molecular weight is 683 g/mol. The van der Waals surface area contributed by atoms with Crippen LogP contribution in [0.1, 0.15) is 115 Å². The summed E-state index contributed by atoms with van der Waals surface area (Å²) in [4.78, 5) is 3.95. The zero-order valence-electron chi connectivity index (χ0n) is 26.2. The van der Waals surface area contributed by atoms with Gasteiger partial charge >= 0.3 is 103 Å². The van der Waals surface area contributed by atoms with Crippen molar-refractivity contribution in [2.75, 3.05) is 0 Å². The molecule has 12 heteroatoms. The second-order valence-corrected chi connectivity index (χ2v) is 13.7. The van der Waals surface area contributed by atoms with Crippen LogP contribution in [0.25, 0.3) is 11.0 Å². The third-order valence-corrected chi connectivity index (χ3v) is 9.43. The number of hydrogen-bond acceptors (Lipinski definition) is 7. The molecular weight excluding hydrogens is 639 g/mol. The van der Waals surface area contributed by atoms with E-state index in [0.29, 0.717) is 28.8 Å².